The molecular formula is C23H22F2N2O2. The minimum absolute atomic E-state index is 0.0563. The maximum absolute atomic E-state index is 13.9. The van der Waals surface area contributed by atoms with E-state index < -0.39 is 11.6 Å². The number of rotatable bonds is 5. The van der Waals surface area contributed by atoms with E-state index in [0.717, 1.165) is 31.0 Å². The highest BCUT2D eigenvalue weighted by Crippen LogP contribution is 2.33. The van der Waals surface area contributed by atoms with Crippen molar-refractivity contribution in [1.29, 1.82) is 0 Å². The summed E-state index contributed by atoms with van der Waals surface area (Å²) in [4.78, 5) is 18.9. The average Bonchev–Trinajstić information content (AvgIpc) is 3.36. The monoisotopic (exact) mass is 396 g/mol. The molecule has 3 aromatic rings. The number of benzene rings is 2. The molecule has 1 aliphatic heterocycles. The maximum Gasteiger partial charge on any atom is 0.223 e. The molecule has 1 aliphatic rings. The van der Waals surface area contributed by atoms with Gasteiger partial charge in [0.05, 0.1) is 17.8 Å². The van der Waals surface area contributed by atoms with Crippen molar-refractivity contribution >= 4 is 5.91 Å². The molecule has 4 rings (SSSR count). The van der Waals surface area contributed by atoms with Gasteiger partial charge in [-0.3, -0.25) is 4.79 Å². The summed E-state index contributed by atoms with van der Waals surface area (Å²) in [5.74, 6) is -0.709. The van der Waals surface area contributed by atoms with Crippen LogP contribution in [0.3, 0.4) is 0 Å². The van der Waals surface area contributed by atoms with Gasteiger partial charge in [0.25, 0.3) is 0 Å². The molecular weight excluding hydrogens is 374 g/mol. The topological polar surface area (TPSA) is 46.3 Å². The van der Waals surface area contributed by atoms with Crippen LogP contribution in [0.5, 0.6) is 0 Å². The van der Waals surface area contributed by atoms with Crippen LogP contribution in [-0.2, 0) is 11.2 Å². The Hall–Kier alpha value is -3.02. The largest absolute Gasteiger partial charge is 0.441 e. The number of carbonyl (C=O) groups is 1. The summed E-state index contributed by atoms with van der Waals surface area (Å²) in [6, 6.07) is 11.7. The van der Waals surface area contributed by atoms with E-state index in [0.29, 0.717) is 12.3 Å². The van der Waals surface area contributed by atoms with Gasteiger partial charge < -0.3 is 9.32 Å². The lowest BCUT2D eigenvalue weighted by Crippen LogP contribution is -2.30. The highest BCUT2D eigenvalue weighted by Gasteiger charge is 2.29. The lowest BCUT2D eigenvalue weighted by molar-refractivity contribution is -0.132. The third kappa shape index (κ3) is 4.21. The molecule has 0 aliphatic carbocycles. The van der Waals surface area contributed by atoms with Crippen molar-refractivity contribution in [3.8, 4) is 11.3 Å². The quantitative estimate of drug-likeness (QED) is 0.594. The van der Waals surface area contributed by atoms with Gasteiger partial charge in [-0.05, 0) is 37.5 Å². The van der Waals surface area contributed by atoms with E-state index >= 15 is 0 Å². The van der Waals surface area contributed by atoms with Crippen molar-refractivity contribution < 1.29 is 18.0 Å². The van der Waals surface area contributed by atoms with E-state index in [1.165, 1.54) is 23.9 Å². The highest BCUT2D eigenvalue weighted by molar-refractivity contribution is 5.77. The van der Waals surface area contributed by atoms with E-state index in [-0.39, 0.29) is 29.7 Å². The molecule has 150 valence electrons. The van der Waals surface area contributed by atoms with Gasteiger partial charge in [-0.1, -0.05) is 29.8 Å². The van der Waals surface area contributed by atoms with Crippen LogP contribution in [0.2, 0.25) is 0 Å². The number of oxazole rings is 1. The molecule has 0 bridgehead atoms. The van der Waals surface area contributed by atoms with Gasteiger partial charge in [0.1, 0.15) is 11.6 Å². The third-order valence-electron chi connectivity index (χ3n) is 5.34. The first-order valence-corrected chi connectivity index (χ1v) is 9.77. The molecule has 4 nitrogen and oxygen atoms in total. The number of aryl methyl sites for hydroxylation is 2. The van der Waals surface area contributed by atoms with E-state index in [1.54, 1.807) is 0 Å². The summed E-state index contributed by atoms with van der Waals surface area (Å²) in [7, 11) is 0. The molecule has 2 heterocycles. The molecule has 0 N–H and O–H groups in total. The smallest absolute Gasteiger partial charge is 0.223 e. The van der Waals surface area contributed by atoms with Crippen LogP contribution in [-0.4, -0.2) is 22.3 Å². The fraction of sp³-hybridized carbons (Fsp3) is 0.304. The van der Waals surface area contributed by atoms with Gasteiger partial charge in [0.15, 0.2) is 11.7 Å². The number of hydrogen-bond donors (Lipinski definition) is 0. The van der Waals surface area contributed by atoms with Gasteiger partial charge in [-0.25, -0.2) is 13.8 Å². The highest BCUT2D eigenvalue weighted by atomic mass is 19.1. The molecule has 29 heavy (non-hydrogen) atoms. The minimum atomic E-state index is -0.707. The summed E-state index contributed by atoms with van der Waals surface area (Å²) in [5.41, 5.74) is 2.50. The van der Waals surface area contributed by atoms with Gasteiger partial charge in [0.2, 0.25) is 5.91 Å². The Kier molecular flexibility index (Phi) is 5.43. The molecule has 1 aromatic heterocycles. The molecule has 1 unspecified atom stereocenters. The first-order chi connectivity index (χ1) is 14.0. The van der Waals surface area contributed by atoms with Crippen molar-refractivity contribution in [3.05, 3.63) is 77.3 Å². The SMILES string of the molecule is Cc1ccc(C2CCCN2C(=O)CCc2ncc(-c3ccc(F)cc3F)o2)cc1. The Balaban J connectivity index is 1.40. The zero-order chi connectivity index (χ0) is 20.4. The number of nitrogens with zero attached hydrogens (tertiary/aromatic N) is 2. The molecule has 0 saturated carbocycles. The molecule has 1 fully saturated rings. The van der Waals surface area contributed by atoms with Crippen LogP contribution in [0.15, 0.2) is 53.1 Å². The maximum atomic E-state index is 13.9. The van der Waals surface area contributed by atoms with E-state index in [1.807, 2.05) is 11.8 Å². The number of carbonyl (C=O) groups excluding carboxylic acids is 1. The Morgan fingerprint density at radius 3 is 2.76 bits per heavy atom. The molecule has 1 atom stereocenters. The summed E-state index contributed by atoms with van der Waals surface area (Å²) < 4.78 is 32.6. The second-order valence-electron chi connectivity index (χ2n) is 7.40. The first-order valence-electron chi connectivity index (χ1n) is 9.77. The summed E-state index contributed by atoms with van der Waals surface area (Å²) >= 11 is 0. The number of halogens is 2. The molecule has 6 heteroatoms. The first kappa shape index (κ1) is 19.3. The van der Waals surface area contributed by atoms with Crippen LogP contribution in [0.25, 0.3) is 11.3 Å². The van der Waals surface area contributed by atoms with Gasteiger partial charge in [0, 0.05) is 25.5 Å². The lowest BCUT2D eigenvalue weighted by atomic mass is 10.0. The Morgan fingerprint density at radius 1 is 1.21 bits per heavy atom. The van der Waals surface area contributed by atoms with Gasteiger partial charge in [-0.2, -0.15) is 0 Å². The Bertz CT molecular complexity index is 1010. The minimum Gasteiger partial charge on any atom is -0.441 e. The Morgan fingerprint density at radius 2 is 2.00 bits per heavy atom. The van der Waals surface area contributed by atoms with Crippen LogP contribution in [0.1, 0.15) is 42.3 Å². The van der Waals surface area contributed by atoms with Crippen LogP contribution >= 0.6 is 0 Å². The molecule has 1 saturated heterocycles. The number of hydrogen-bond acceptors (Lipinski definition) is 3. The molecule has 0 radical (unpaired) electrons. The number of amides is 1. The summed E-state index contributed by atoms with van der Waals surface area (Å²) in [5, 5.41) is 0. The third-order valence-corrected chi connectivity index (χ3v) is 5.34. The number of likely N-dealkylation sites (tertiary alicyclic amines) is 1. The normalized spacial score (nSPS) is 16.4. The fourth-order valence-corrected chi connectivity index (χ4v) is 3.80. The van der Waals surface area contributed by atoms with Gasteiger partial charge in [-0.15, -0.1) is 0 Å². The zero-order valence-corrected chi connectivity index (χ0v) is 16.2. The molecule has 2 aromatic carbocycles. The van der Waals surface area contributed by atoms with Crippen molar-refractivity contribution in [3.63, 3.8) is 0 Å². The van der Waals surface area contributed by atoms with Gasteiger partial charge >= 0.3 is 0 Å². The van der Waals surface area contributed by atoms with Crippen molar-refractivity contribution in [2.75, 3.05) is 6.54 Å². The van der Waals surface area contributed by atoms with E-state index in [2.05, 4.69) is 29.2 Å². The number of aromatic nitrogens is 1. The second-order valence-corrected chi connectivity index (χ2v) is 7.40. The predicted molar refractivity (Wildman–Crippen MR) is 105 cm³/mol. The zero-order valence-electron chi connectivity index (χ0n) is 16.2. The van der Waals surface area contributed by atoms with Crippen molar-refractivity contribution in [1.82, 2.24) is 9.88 Å². The molecule has 1 amide bonds. The standard InChI is InChI=1S/C23H22F2N2O2/c1-15-4-6-16(7-5-15)20-3-2-12-27(20)23(28)11-10-22-26-14-21(29-22)18-9-8-17(24)13-19(18)25/h4-9,13-14,20H,2-3,10-12H2,1H3. The fourth-order valence-electron chi connectivity index (χ4n) is 3.80. The Labute approximate surface area is 168 Å². The van der Waals surface area contributed by atoms with E-state index in [9.17, 15) is 13.6 Å². The predicted octanol–water partition coefficient (Wildman–Crippen LogP) is 5.22. The average molecular weight is 396 g/mol. The lowest BCUT2D eigenvalue weighted by Gasteiger charge is -2.25. The van der Waals surface area contributed by atoms with Crippen molar-refractivity contribution in [2.24, 2.45) is 0 Å². The van der Waals surface area contributed by atoms with Crippen molar-refractivity contribution in [2.45, 2.75) is 38.6 Å². The van der Waals surface area contributed by atoms with Crippen LogP contribution in [0.4, 0.5) is 8.78 Å². The van der Waals surface area contributed by atoms with Crippen LogP contribution < -0.4 is 0 Å². The van der Waals surface area contributed by atoms with E-state index in [4.69, 9.17) is 4.42 Å². The second kappa shape index (κ2) is 8.15. The summed E-state index contributed by atoms with van der Waals surface area (Å²) in [6.45, 7) is 2.79. The summed E-state index contributed by atoms with van der Waals surface area (Å²) in [6.07, 6.45) is 3.95. The van der Waals surface area contributed by atoms with Crippen LogP contribution in [0, 0.1) is 18.6 Å². The molecule has 0 spiro atoms.